The largest absolute Gasteiger partial charge is 0.351 e. The highest BCUT2D eigenvalue weighted by atomic mass is 16.1. The van der Waals surface area contributed by atoms with E-state index in [1.54, 1.807) is 6.08 Å². The maximum absolute atomic E-state index is 10.4. The van der Waals surface area contributed by atoms with Crippen LogP contribution in [0.3, 0.4) is 0 Å². The molecular weight excluding hydrogens is 156 g/mol. The van der Waals surface area contributed by atoms with Crippen molar-refractivity contribution in [2.75, 3.05) is 6.54 Å². The predicted octanol–water partition coefficient (Wildman–Crippen LogP) is -0.273. The topological polar surface area (TPSA) is 52.1 Å². The molecule has 1 radical (unpaired) electrons. The molecule has 1 atom stereocenters. The fraction of sp³-hybridized carbons (Fsp3) is 0.250. The van der Waals surface area contributed by atoms with E-state index in [9.17, 15) is 9.59 Å². The number of carbonyl (C=O) groups excluding carboxylic acids is 2. The normalized spacial score (nSPS) is 11.8. The van der Waals surface area contributed by atoms with E-state index in [0.29, 0.717) is 19.4 Å². The Morgan fingerprint density at radius 3 is 2.42 bits per heavy atom. The Balaban J connectivity index is 4.19. The molecular formula is C8H12N2O2+. The van der Waals surface area contributed by atoms with Gasteiger partial charge in [-0.3, -0.25) is 4.79 Å². The summed E-state index contributed by atoms with van der Waals surface area (Å²) in [6.45, 7) is 7.32. The summed E-state index contributed by atoms with van der Waals surface area (Å²) >= 11 is 0. The number of nitrogens with zero attached hydrogens (tertiary/aromatic N) is 1. The first kappa shape index (κ1) is 10.6. The van der Waals surface area contributed by atoms with Crippen molar-refractivity contribution in [3.8, 4) is 0 Å². The van der Waals surface area contributed by atoms with Crippen molar-refractivity contribution < 1.29 is 9.59 Å². The molecule has 0 aliphatic rings. The Morgan fingerprint density at radius 1 is 1.42 bits per heavy atom. The van der Waals surface area contributed by atoms with Crippen molar-refractivity contribution in [2.45, 2.75) is 6.17 Å². The summed E-state index contributed by atoms with van der Waals surface area (Å²) in [4.78, 5) is 21.9. The van der Waals surface area contributed by atoms with Gasteiger partial charge in [-0.15, -0.1) is 0 Å². The molecule has 4 nitrogen and oxygen atoms in total. The zero-order valence-corrected chi connectivity index (χ0v) is 6.77. The van der Waals surface area contributed by atoms with Gasteiger partial charge < -0.3 is 5.32 Å². The van der Waals surface area contributed by atoms with Crippen molar-refractivity contribution in [3.63, 3.8) is 0 Å². The summed E-state index contributed by atoms with van der Waals surface area (Å²) in [5.41, 5.74) is 0. The van der Waals surface area contributed by atoms with Gasteiger partial charge in [0.1, 0.15) is 0 Å². The van der Waals surface area contributed by atoms with Crippen molar-refractivity contribution in [2.24, 2.45) is 0 Å². The third-order valence-electron chi connectivity index (χ3n) is 1.29. The molecule has 0 aromatic heterocycles. The number of nitrogens with one attached hydrogen (secondary N) is 1. The highest BCUT2D eigenvalue weighted by Gasteiger charge is 2.21. The van der Waals surface area contributed by atoms with Gasteiger partial charge in [0.15, 0.2) is 6.54 Å². The molecule has 0 heterocycles. The van der Waals surface area contributed by atoms with Gasteiger partial charge in [0, 0.05) is 0 Å². The van der Waals surface area contributed by atoms with Crippen LogP contribution in [0.15, 0.2) is 25.3 Å². The van der Waals surface area contributed by atoms with E-state index in [0.717, 1.165) is 0 Å². The average Bonchev–Trinajstić information content (AvgIpc) is 2.11. The van der Waals surface area contributed by atoms with Crippen molar-refractivity contribution >= 4 is 12.8 Å². The van der Waals surface area contributed by atoms with E-state index in [4.69, 9.17) is 0 Å². The molecule has 65 valence electrons. The van der Waals surface area contributed by atoms with Gasteiger partial charge in [-0.25, -0.2) is 4.79 Å². The van der Waals surface area contributed by atoms with Crippen LogP contribution >= 0.6 is 0 Å². The van der Waals surface area contributed by atoms with Crippen molar-refractivity contribution in [1.29, 1.82) is 0 Å². The van der Waals surface area contributed by atoms with Gasteiger partial charge in [-0.2, -0.15) is 0 Å². The van der Waals surface area contributed by atoms with Crippen LogP contribution in [0.5, 0.6) is 0 Å². The first-order valence-electron chi connectivity index (χ1n) is 3.44. The molecule has 1 unspecified atom stereocenters. The Hall–Kier alpha value is -1.42. The lowest BCUT2D eigenvalue weighted by Gasteiger charge is -2.10. The highest BCUT2D eigenvalue weighted by Crippen LogP contribution is 1.88. The quantitative estimate of drug-likeness (QED) is 0.246. The Labute approximate surface area is 71.5 Å². The van der Waals surface area contributed by atoms with Crippen LogP contribution < -0.4 is 10.2 Å². The second kappa shape index (κ2) is 6.30. The molecule has 1 N–H and O–H groups in total. The maximum atomic E-state index is 10.4. The summed E-state index contributed by atoms with van der Waals surface area (Å²) < 4.78 is 0. The Morgan fingerprint density at radius 2 is 2.08 bits per heavy atom. The van der Waals surface area contributed by atoms with E-state index in [-0.39, 0.29) is 0 Å². The zero-order valence-electron chi connectivity index (χ0n) is 6.77. The fourth-order valence-electron chi connectivity index (χ4n) is 0.740. The standard InChI is InChI=1S/C8H12N2O2/c1-3-5-10(7-12)8(4-2)9-6-11/h3-4,6-8H,1-2,5H2,(H,9,11)/q+1. The van der Waals surface area contributed by atoms with Crippen LogP contribution in [-0.2, 0) is 9.59 Å². The second-order valence-electron chi connectivity index (χ2n) is 2.06. The smallest absolute Gasteiger partial charge is 0.302 e. The van der Waals surface area contributed by atoms with Gasteiger partial charge in [-0.1, -0.05) is 18.1 Å². The van der Waals surface area contributed by atoms with Gasteiger partial charge in [0.25, 0.3) is 0 Å². The molecule has 0 rings (SSSR count). The Bertz CT molecular complexity index is 160. The SMILES string of the molecule is C=CC[N+](C=O)C(C=C)NC=O. The number of amides is 2. The van der Waals surface area contributed by atoms with E-state index in [1.165, 1.54) is 11.0 Å². The molecule has 0 fully saturated rings. The molecule has 0 saturated carbocycles. The minimum Gasteiger partial charge on any atom is -0.302 e. The fourth-order valence-corrected chi connectivity index (χ4v) is 0.740. The summed E-state index contributed by atoms with van der Waals surface area (Å²) in [5, 5.41) is 2.42. The first-order chi connectivity index (χ1) is 5.79. The van der Waals surface area contributed by atoms with Gasteiger partial charge in [0.05, 0.1) is 0 Å². The molecule has 0 saturated heterocycles. The van der Waals surface area contributed by atoms with Crippen LogP contribution in [0.2, 0.25) is 0 Å². The Kier molecular flexibility index (Phi) is 5.55. The van der Waals surface area contributed by atoms with Crippen LogP contribution in [0, 0.1) is 0 Å². The van der Waals surface area contributed by atoms with Gasteiger partial charge in [0.2, 0.25) is 12.6 Å². The molecule has 2 amide bonds. The zero-order chi connectivity index (χ0) is 9.40. The number of rotatable bonds is 7. The number of hydrogen-bond acceptors (Lipinski definition) is 2. The molecule has 0 bridgehead atoms. The molecule has 4 heteroatoms. The molecule has 0 aromatic rings. The van der Waals surface area contributed by atoms with E-state index >= 15 is 0 Å². The van der Waals surface area contributed by atoms with Gasteiger partial charge in [-0.05, 0) is 12.2 Å². The summed E-state index contributed by atoms with van der Waals surface area (Å²) in [6.07, 6.45) is 3.72. The molecule has 0 aromatic carbocycles. The minimum atomic E-state index is -0.460. The summed E-state index contributed by atoms with van der Waals surface area (Å²) in [7, 11) is 0. The highest BCUT2D eigenvalue weighted by molar-refractivity contribution is 5.55. The third-order valence-corrected chi connectivity index (χ3v) is 1.29. The lowest BCUT2D eigenvalue weighted by Crippen LogP contribution is -2.47. The van der Waals surface area contributed by atoms with Crippen LogP contribution in [0.25, 0.3) is 0 Å². The predicted molar refractivity (Wildman–Crippen MR) is 46.4 cm³/mol. The second-order valence-corrected chi connectivity index (χ2v) is 2.06. The lowest BCUT2D eigenvalue weighted by atomic mass is 10.4. The first-order valence-corrected chi connectivity index (χ1v) is 3.44. The molecule has 0 aliphatic carbocycles. The van der Waals surface area contributed by atoms with Crippen LogP contribution in [0.4, 0.5) is 0 Å². The number of carbonyl (C=O) groups is 2. The van der Waals surface area contributed by atoms with Gasteiger partial charge >= 0.3 is 6.41 Å². The molecule has 0 aliphatic heterocycles. The average molecular weight is 168 g/mol. The van der Waals surface area contributed by atoms with E-state index in [1.807, 2.05) is 0 Å². The van der Waals surface area contributed by atoms with Crippen molar-refractivity contribution in [1.82, 2.24) is 10.2 Å². The third kappa shape index (κ3) is 3.12. The number of hydrogen-bond donors (Lipinski definition) is 1. The van der Waals surface area contributed by atoms with E-state index in [2.05, 4.69) is 18.5 Å². The lowest BCUT2D eigenvalue weighted by molar-refractivity contribution is -0.115. The van der Waals surface area contributed by atoms with Crippen molar-refractivity contribution in [3.05, 3.63) is 25.3 Å². The molecule has 12 heavy (non-hydrogen) atoms. The van der Waals surface area contributed by atoms with Crippen LogP contribution in [-0.4, -0.2) is 25.5 Å². The van der Waals surface area contributed by atoms with Crippen LogP contribution in [0.1, 0.15) is 0 Å². The monoisotopic (exact) mass is 168 g/mol. The summed E-state index contributed by atoms with van der Waals surface area (Å²) in [6, 6.07) is 0. The minimum absolute atomic E-state index is 0.376. The summed E-state index contributed by atoms with van der Waals surface area (Å²) in [5.74, 6) is 0. The molecule has 0 spiro atoms. The maximum Gasteiger partial charge on any atom is 0.351 e. The van der Waals surface area contributed by atoms with E-state index < -0.39 is 6.17 Å².